The highest BCUT2D eigenvalue weighted by Crippen LogP contribution is 2.33. The minimum Gasteiger partial charge on any atom is -0.231 e. The van der Waals surface area contributed by atoms with Crippen molar-refractivity contribution in [1.82, 2.24) is 9.97 Å². The number of halogens is 3. The van der Waals surface area contributed by atoms with Gasteiger partial charge in [-0.2, -0.15) is 0 Å². The Kier molecular flexibility index (Phi) is 3.30. The predicted molar refractivity (Wildman–Crippen MR) is 67.8 cm³/mol. The Balaban J connectivity index is 2.60. The highest BCUT2D eigenvalue weighted by molar-refractivity contribution is 9.10. The zero-order chi connectivity index (χ0) is 11.0. The Morgan fingerprint density at radius 1 is 1.33 bits per heavy atom. The quantitative estimate of drug-likeness (QED) is 0.718. The van der Waals surface area contributed by atoms with Crippen molar-refractivity contribution in [3.05, 3.63) is 31.8 Å². The number of thiophene rings is 1. The molecular formula is C9H5BrCl2N2S. The van der Waals surface area contributed by atoms with Gasteiger partial charge in [-0.15, -0.1) is 11.3 Å². The summed E-state index contributed by atoms with van der Waals surface area (Å²) in [5.41, 5.74) is 0.800. The Bertz CT molecular complexity index is 490. The number of aromatic nitrogens is 2. The van der Waals surface area contributed by atoms with E-state index in [1.165, 1.54) is 11.3 Å². The van der Waals surface area contributed by atoms with Crippen LogP contribution in [0.1, 0.15) is 5.69 Å². The molecule has 0 radical (unpaired) electrons. The standard InChI is InChI=1S/C9H5BrCl2N2S/c1-4-6(10)8(12)14-9(13-4)7-5(11)2-3-15-7/h2-3H,1H3. The Labute approximate surface area is 109 Å². The van der Waals surface area contributed by atoms with Gasteiger partial charge in [0.25, 0.3) is 0 Å². The first-order valence-electron chi connectivity index (χ1n) is 4.02. The molecular weight excluding hydrogens is 319 g/mol. The van der Waals surface area contributed by atoms with Crippen LogP contribution in [0.15, 0.2) is 15.9 Å². The Morgan fingerprint density at radius 2 is 2.07 bits per heavy atom. The van der Waals surface area contributed by atoms with Crippen LogP contribution in [0.5, 0.6) is 0 Å². The maximum atomic E-state index is 5.99. The highest BCUT2D eigenvalue weighted by atomic mass is 79.9. The molecule has 0 aliphatic heterocycles. The van der Waals surface area contributed by atoms with Gasteiger partial charge in [-0.3, -0.25) is 0 Å². The second-order valence-corrected chi connectivity index (χ2v) is 5.31. The molecule has 0 aromatic carbocycles. The third-order valence-electron chi connectivity index (χ3n) is 1.80. The minimum atomic E-state index is 0.405. The lowest BCUT2D eigenvalue weighted by Crippen LogP contribution is -1.93. The van der Waals surface area contributed by atoms with Crippen molar-refractivity contribution in [2.45, 2.75) is 6.92 Å². The molecule has 6 heteroatoms. The number of nitrogens with zero attached hydrogens (tertiary/aromatic N) is 2. The lowest BCUT2D eigenvalue weighted by molar-refractivity contribution is 1.10. The zero-order valence-corrected chi connectivity index (χ0v) is 11.5. The predicted octanol–water partition coefficient (Wildman–Crippen LogP) is 4.58. The van der Waals surface area contributed by atoms with Crippen LogP contribution in [0, 0.1) is 6.92 Å². The first-order chi connectivity index (χ1) is 7.09. The van der Waals surface area contributed by atoms with Crippen LogP contribution >= 0.6 is 50.5 Å². The molecule has 0 aliphatic carbocycles. The van der Waals surface area contributed by atoms with E-state index in [1.54, 1.807) is 0 Å². The van der Waals surface area contributed by atoms with Crippen molar-refractivity contribution in [2.75, 3.05) is 0 Å². The molecule has 2 rings (SSSR count). The average molecular weight is 324 g/mol. The van der Waals surface area contributed by atoms with E-state index in [1.807, 2.05) is 18.4 Å². The third kappa shape index (κ3) is 2.18. The van der Waals surface area contributed by atoms with Crippen LogP contribution in [0.25, 0.3) is 10.7 Å². The summed E-state index contributed by atoms with van der Waals surface area (Å²) in [6.07, 6.45) is 0. The molecule has 2 heterocycles. The van der Waals surface area contributed by atoms with E-state index in [0.29, 0.717) is 16.0 Å². The normalized spacial score (nSPS) is 10.7. The van der Waals surface area contributed by atoms with Crippen molar-refractivity contribution in [1.29, 1.82) is 0 Å². The summed E-state index contributed by atoms with van der Waals surface area (Å²) in [7, 11) is 0. The molecule has 0 unspecified atom stereocenters. The van der Waals surface area contributed by atoms with E-state index < -0.39 is 0 Å². The summed E-state index contributed by atoms with van der Waals surface area (Å²) < 4.78 is 0.723. The monoisotopic (exact) mass is 322 g/mol. The van der Waals surface area contributed by atoms with Crippen molar-refractivity contribution in [3.63, 3.8) is 0 Å². The molecule has 15 heavy (non-hydrogen) atoms. The summed E-state index contributed by atoms with van der Waals surface area (Å²) >= 11 is 16.7. The van der Waals surface area contributed by atoms with Gasteiger partial charge in [0.05, 0.1) is 20.1 Å². The third-order valence-corrected chi connectivity index (χ3v) is 4.59. The summed E-state index contributed by atoms with van der Waals surface area (Å²) in [6.45, 7) is 1.86. The summed E-state index contributed by atoms with van der Waals surface area (Å²) in [6, 6.07) is 1.82. The fourth-order valence-corrected chi connectivity index (χ4v) is 2.55. The largest absolute Gasteiger partial charge is 0.231 e. The van der Waals surface area contributed by atoms with E-state index in [2.05, 4.69) is 25.9 Å². The first-order valence-corrected chi connectivity index (χ1v) is 6.45. The molecule has 0 spiro atoms. The van der Waals surface area contributed by atoms with E-state index in [-0.39, 0.29) is 0 Å². The van der Waals surface area contributed by atoms with E-state index >= 15 is 0 Å². The summed E-state index contributed by atoms with van der Waals surface area (Å²) in [5.74, 6) is 0.570. The van der Waals surface area contributed by atoms with Crippen LogP contribution in [0.4, 0.5) is 0 Å². The van der Waals surface area contributed by atoms with Gasteiger partial charge < -0.3 is 0 Å². The minimum absolute atomic E-state index is 0.405. The van der Waals surface area contributed by atoms with Crippen LogP contribution in [0.2, 0.25) is 10.2 Å². The topological polar surface area (TPSA) is 25.8 Å². The fourth-order valence-electron chi connectivity index (χ4n) is 1.08. The number of aryl methyl sites for hydroxylation is 1. The van der Waals surface area contributed by atoms with Crippen LogP contribution < -0.4 is 0 Å². The van der Waals surface area contributed by atoms with Gasteiger partial charge in [0.1, 0.15) is 5.15 Å². The van der Waals surface area contributed by atoms with E-state index in [4.69, 9.17) is 23.2 Å². The number of hydrogen-bond donors (Lipinski definition) is 0. The molecule has 0 saturated carbocycles. The second-order valence-electron chi connectivity index (χ2n) is 2.84. The Hall–Kier alpha value is -0.160. The molecule has 0 saturated heterocycles. The van der Waals surface area contributed by atoms with Gasteiger partial charge in [0.2, 0.25) is 0 Å². The second kappa shape index (κ2) is 4.37. The summed E-state index contributed by atoms with van der Waals surface area (Å²) in [4.78, 5) is 9.33. The van der Waals surface area contributed by atoms with Crippen molar-refractivity contribution in [3.8, 4) is 10.7 Å². The lowest BCUT2D eigenvalue weighted by Gasteiger charge is -2.03. The smallest absolute Gasteiger partial charge is 0.172 e. The van der Waals surface area contributed by atoms with Crippen molar-refractivity contribution < 1.29 is 0 Å². The van der Waals surface area contributed by atoms with Crippen molar-refractivity contribution >= 4 is 50.5 Å². The SMILES string of the molecule is Cc1nc(-c2sccc2Cl)nc(Cl)c1Br. The maximum absolute atomic E-state index is 5.99. The molecule has 78 valence electrons. The van der Waals surface area contributed by atoms with Gasteiger partial charge in [0, 0.05) is 0 Å². The molecule has 2 aromatic rings. The van der Waals surface area contributed by atoms with Gasteiger partial charge in [0.15, 0.2) is 5.82 Å². The Morgan fingerprint density at radius 3 is 2.60 bits per heavy atom. The van der Waals surface area contributed by atoms with Gasteiger partial charge in [-0.05, 0) is 34.3 Å². The molecule has 0 aliphatic rings. The lowest BCUT2D eigenvalue weighted by atomic mass is 10.4. The molecule has 0 bridgehead atoms. The van der Waals surface area contributed by atoms with E-state index in [9.17, 15) is 0 Å². The fraction of sp³-hybridized carbons (Fsp3) is 0.111. The first kappa shape index (κ1) is 11.3. The van der Waals surface area contributed by atoms with Gasteiger partial charge in [-0.25, -0.2) is 9.97 Å². The molecule has 0 N–H and O–H groups in total. The molecule has 0 amide bonds. The molecule has 2 aromatic heterocycles. The van der Waals surface area contributed by atoms with Crippen LogP contribution in [0.3, 0.4) is 0 Å². The molecule has 0 atom stereocenters. The number of rotatable bonds is 1. The van der Waals surface area contributed by atoms with Gasteiger partial charge in [-0.1, -0.05) is 23.2 Å². The van der Waals surface area contributed by atoms with Crippen molar-refractivity contribution in [2.24, 2.45) is 0 Å². The maximum Gasteiger partial charge on any atom is 0.172 e. The highest BCUT2D eigenvalue weighted by Gasteiger charge is 2.12. The van der Waals surface area contributed by atoms with Crippen LogP contribution in [-0.4, -0.2) is 9.97 Å². The molecule has 0 fully saturated rings. The number of hydrogen-bond acceptors (Lipinski definition) is 3. The average Bonchev–Trinajstić information content (AvgIpc) is 2.60. The summed E-state index contributed by atoms with van der Waals surface area (Å²) in [5, 5.41) is 2.95. The zero-order valence-electron chi connectivity index (χ0n) is 7.59. The van der Waals surface area contributed by atoms with Crippen LogP contribution in [-0.2, 0) is 0 Å². The van der Waals surface area contributed by atoms with Gasteiger partial charge >= 0.3 is 0 Å². The molecule has 2 nitrogen and oxygen atoms in total. The van der Waals surface area contributed by atoms with E-state index in [0.717, 1.165) is 15.0 Å².